The van der Waals surface area contributed by atoms with E-state index in [1.165, 1.54) is 5.56 Å². The maximum atomic E-state index is 12.5. The lowest BCUT2D eigenvalue weighted by Gasteiger charge is -2.08. The summed E-state index contributed by atoms with van der Waals surface area (Å²) in [5, 5.41) is 4.62. The van der Waals surface area contributed by atoms with Crippen molar-refractivity contribution in [1.82, 2.24) is 14.8 Å². The Morgan fingerprint density at radius 2 is 1.90 bits per heavy atom. The van der Waals surface area contributed by atoms with E-state index in [9.17, 15) is 4.79 Å². The van der Waals surface area contributed by atoms with Crippen molar-refractivity contribution in [3.63, 3.8) is 0 Å². The lowest BCUT2D eigenvalue weighted by atomic mass is 10.1. The summed E-state index contributed by atoms with van der Waals surface area (Å²) in [4.78, 5) is 14.1. The van der Waals surface area contributed by atoms with Crippen LogP contribution in [0.5, 0.6) is 5.75 Å². The van der Waals surface area contributed by atoms with Gasteiger partial charge in [-0.1, -0.05) is 35.9 Å². The van der Waals surface area contributed by atoms with Gasteiger partial charge >= 0.3 is 0 Å². The van der Waals surface area contributed by atoms with Gasteiger partial charge in [-0.15, -0.1) is 0 Å². The Morgan fingerprint density at radius 3 is 2.63 bits per heavy atom. The van der Waals surface area contributed by atoms with E-state index in [0.717, 1.165) is 35.2 Å². The molecule has 3 aromatic rings. The number of carbonyl (C=O) groups is 1. The number of hydrogen-bond acceptors (Lipinski definition) is 3. The second kappa shape index (κ2) is 8.71. The van der Waals surface area contributed by atoms with E-state index in [2.05, 4.69) is 47.3 Å². The molecule has 1 aliphatic rings. The molecule has 0 bridgehead atoms. The van der Waals surface area contributed by atoms with Crippen molar-refractivity contribution in [3.8, 4) is 5.75 Å². The van der Waals surface area contributed by atoms with Crippen molar-refractivity contribution in [2.75, 3.05) is 13.2 Å². The summed E-state index contributed by atoms with van der Waals surface area (Å²) in [5.74, 6) is 0.816. The number of nitrogens with zero attached hydrogens (tertiary/aromatic N) is 2. The van der Waals surface area contributed by atoms with Crippen molar-refractivity contribution in [2.45, 2.75) is 26.8 Å². The topological polar surface area (TPSA) is 46.5 Å². The van der Waals surface area contributed by atoms with Crippen molar-refractivity contribution in [3.05, 3.63) is 71.6 Å². The molecule has 154 valence electrons. The van der Waals surface area contributed by atoms with Crippen molar-refractivity contribution < 1.29 is 9.53 Å². The fraction of sp³-hybridized carbons (Fsp3) is 0.250. The van der Waals surface area contributed by atoms with Crippen molar-refractivity contribution in [2.24, 2.45) is 0 Å². The zero-order valence-corrected chi connectivity index (χ0v) is 18.0. The maximum absolute atomic E-state index is 12.5. The van der Waals surface area contributed by atoms with Crippen LogP contribution in [0.4, 0.5) is 0 Å². The Labute approximate surface area is 181 Å². The molecule has 2 heterocycles. The van der Waals surface area contributed by atoms with Gasteiger partial charge in [0.15, 0.2) is 5.11 Å². The number of aromatic nitrogens is 1. The van der Waals surface area contributed by atoms with Crippen LogP contribution in [0.25, 0.3) is 17.0 Å². The molecule has 5 nitrogen and oxygen atoms in total. The molecule has 1 amide bonds. The van der Waals surface area contributed by atoms with Gasteiger partial charge < -0.3 is 14.6 Å². The normalized spacial score (nSPS) is 15.3. The Morgan fingerprint density at radius 1 is 1.13 bits per heavy atom. The summed E-state index contributed by atoms with van der Waals surface area (Å²) < 4.78 is 8.08. The third kappa shape index (κ3) is 4.09. The first-order valence-corrected chi connectivity index (χ1v) is 10.6. The molecule has 1 aliphatic heterocycles. The van der Waals surface area contributed by atoms with Gasteiger partial charge in [0, 0.05) is 35.8 Å². The lowest BCUT2D eigenvalue weighted by molar-refractivity contribution is -0.122. The molecule has 0 spiro atoms. The van der Waals surface area contributed by atoms with Crippen LogP contribution in [0, 0.1) is 6.92 Å². The van der Waals surface area contributed by atoms with Gasteiger partial charge in [-0.05, 0) is 56.8 Å². The minimum absolute atomic E-state index is 0.0779. The largest absolute Gasteiger partial charge is 0.494 e. The lowest BCUT2D eigenvalue weighted by Crippen LogP contribution is -2.30. The molecule has 2 aromatic carbocycles. The van der Waals surface area contributed by atoms with Crippen LogP contribution in [0.1, 0.15) is 24.5 Å². The third-order valence-electron chi connectivity index (χ3n) is 5.23. The molecule has 1 aromatic heterocycles. The predicted molar refractivity (Wildman–Crippen MR) is 124 cm³/mol. The molecular weight excluding hydrogens is 394 g/mol. The number of thiocarbonyl (C=S) groups is 1. The highest BCUT2D eigenvalue weighted by Gasteiger charge is 2.29. The molecule has 1 fully saturated rings. The van der Waals surface area contributed by atoms with Gasteiger partial charge in [0.1, 0.15) is 11.4 Å². The number of ether oxygens (including phenoxy) is 1. The van der Waals surface area contributed by atoms with Gasteiger partial charge in [-0.25, -0.2) is 0 Å². The van der Waals surface area contributed by atoms with Crippen LogP contribution in [-0.4, -0.2) is 33.6 Å². The molecule has 30 heavy (non-hydrogen) atoms. The molecule has 0 saturated carbocycles. The summed E-state index contributed by atoms with van der Waals surface area (Å²) >= 11 is 5.26. The smallest absolute Gasteiger partial charge is 0.276 e. The molecule has 6 heteroatoms. The van der Waals surface area contributed by atoms with Crippen molar-refractivity contribution in [1.29, 1.82) is 0 Å². The van der Waals surface area contributed by atoms with E-state index < -0.39 is 0 Å². The van der Waals surface area contributed by atoms with E-state index >= 15 is 0 Å². The first kappa shape index (κ1) is 20.2. The third-order valence-corrected chi connectivity index (χ3v) is 5.55. The van der Waals surface area contributed by atoms with Gasteiger partial charge in [0.25, 0.3) is 5.91 Å². The number of nitrogens with one attached hydrogen (secondary N) is 1. The molecule has 1 N–H and O–H groups in total. The van der Waals surface area contributed by atoms with E-state index in [1.54, 1.807) is 4.90 Å². The number of carbonyl (C=O) groups excluding carboxylic acids is 1. The van der Waals surface area contributed by atoms with Gasteiger partial charge in [0.2, 0.25) is 0 Å². The Balaban J connectivity index is 1.50. The number of benzene rings is 2. The van der Waals surface area contributed by atoms with Crippen LogP contribution in [-0.2, 0) is 11.3 Å². The monoisotopic (exact) mass is 419 g/mol. The molecule has 1 saturated heterocycles. The Hall–Kier alpha value is -3.12. The molecule has 0 unspecified atom stereocenters. The maximum Gasteiger partial charge on any atom is 0.276 e. The van der Waals surface area contributed by atoms with Crippen LogP contribution < -0.4 is 10.1 Å². The molecule has 0 atom stereocenters. The second-order valence-electron chi connectivity index (χ2n) is 7.35. The minimum Gasteiger partial charge on any atom is -0.494 e. The summed E-state index contributed by atoms with van der Waals surface area (Å²) in [7, 11) is 0. The molecule has 0 radical (unpaired) electrons. The number of likely N-dealkylation sites (N-methyl/N-ethyl adjacent to an activating group) is 1. The van der Waals surface area contributed by atoms with Crippen molar-refractivity contribution >= 4 is 40.2 Å². The van der Waals surface area contributed by atoms with Gasteiger partial charge in [-0.3, -0.25) is 9.69 Å². The quantitative estimate of drug-likeness (QED) is 0.348. The first-order chi connectivity index (χ1) is 14.6. The number of amides is 1. The number of hydrogen-bond donors (Lipinski definition) is 1. The number of rotatable bonds is 7. The zero-order valence-electron chi connectivity index (χ0n) is 17.2. The van der Waals surface area contributed by atoms with Crippen LogP contribution in [0.3, 0.4) is 0 Å². The average Bonchev–Trinajstić information content (AvgIpc) is 3.23. The van der Waals surface area contributed by atoms with E-state index in [0.29, 0.717) is 24.0 Å². The Kier molecular flexibility index (Phi) is 5.86. The number of fused-ring (bicyclic) bond motifs is 1. The standard InChI is InChI=1S/C24H25N3O2S/c1-3-27-23(28)21(25-24(27)30)15-18-16-26(22-8-5-4-7-20(18)22)13-6-14-29-19-11-9-17(2)10-12-19/h4-5,7-12,15-16H,3,6,13-14H2,1-2H3,(H,25,30). The Bertz CT molecular complexity index is 1120. The highest BCUT2D eigenvalue weighted by atomic mass is 32.1. The minimum atomic E-state index is -0.0779. The summed E-state index contributed by atoms with van der Waals surface area (Å²) in [5.41, 5.74) is 3.88. The van der Waals surface area contributed by atoms with E-state index in [-0.39, 0.29) is 5.91 Å². The fourth-order valence-electron chi connectivity index (χ4n) is 3.65. The van der Waals surface area contributed by atoms with E-state index in [1.807, 2.05) is 37.3 Å². The highest BCUT2D eigenvalue weighted by Crippen LogP contribution is 2.25. The molecular formula is C24H25N3O2S. The second-order valence-corrected chi connectivity index (χ2v) is 7.73. The summed E-state index contributed by atoms with van der Waals surface area (Å²) in [6, 6.07) is 16.3. The highest BCUT2D eigenvalue weighted by molar-refractivity contribution is 7.80. The summed E-state index contributed by atoms with van der Waals surface area (Å²) in [6.45, 7) is 6.02. The van der Waals surface area contributed by atoms with Crippen LogP contribution >= 0.6 is 12.2 Å². The van der Waals surface area contributed by atoms with Gasteiger partial charge in [-0.2, -0.15) is 0 Å². The number of para-hydroxylation sites is 1. The fourth-order valence-corrected chi connectivity index (χ4v) is 3.97. The van der Waals surface area contributed by atoms with E-state index in [4.69, 9.17) is 17.0 Å². The zero-order chi connectivity index (χ0) is 21.1. The van der Waals surface area contributed by atoms with Crippen LogP contribution in [0.2, 0.25) is 0 Å². The molecule has 4 rings (SSSR count). The predicted octanol–water partition coefficient (Wildman–Crippen LogP) is 4.50. The molecule has 0 aliphatic carbocycles. The summed E-state index contributed by atoms with van der Waals surface area (Å²) in [6.07, 6.45) is 4.87. The SMILES string of the molecule is CCN1C(=O)C(=Cc2cn(CCCOc3ccc(C)cc3)c3ccccc23)NC1=S. The average molecular weight is 420 g/mol. The number of aryl methyl sites for hydroxylation is 2. The van der Waals surface area contributed by atoms with Gasteiger partial charge in [0.05, 0.1) is 6.61 Å². The van der Waals surface area contributed by atoms with Crippen LogP contribution in [0.15, 0.2) is 60.4 Å². The first-order valence-electron chi connectivity index (χ1n) is 10.2.